The van der Waals surface area contributed by atoms with Gasteiger partial charge in [0.15, 0.2) is 5.76 Å². The molecule has 1 aromatic rings. The Labute approximate surface area is 112 Å². The number of hydrogen-bond donors (Lipinski definition) is 2. The van der Waals surface area contributed by atoms with Crippen LogP contribution in [-0.4, -0.2) is 29.6 Å². The van der Waals surface area contributed by atoms with Crippen molar-refractivity contribution in [3.8, 4) is 0 Å². The minimum absolute atomic E-state index is 0.0490. The summed E-state index contributed by atoms with van der Waals surface area (Å²) < 4.78 is 5.14. The molecule has 0 fully saturated rings. The third-order valence-electron chi connectivity index (χ3n) is 2.50. The molecule has 0 aromatic carbocycles. The molecule has 6 heteroatoms. The molecule has 2 amide bonds. The first-order chi connectivity index (χ1) is 8.82. The predicted molar refractivity (Wildman–Crippen MR) is 70.9 cm³/mol. The van der Waals surface area contributed by atoms with Crippen molar-refractivity contribution >= 4 is 11.8 Å². The first kappa shape index (κ1) is 15.2. The van der Waals surface area contributed by atoms with E-state index in [1.54, 1.807) is 6.92 Å². The average molecular weight is 267 g/mol. The summed E-state index contributed by atoms with van der Waals surface area (Å²) in [6.45, 7) is 9.21. The van der Waals surface area contributed by atoms with Crippen LogP contribution in [0.4, 0.5) is 0 Å². The fourth-order valence-corrected chi connectivity index (χ4v) is 1.68. The monoisotopic (exact) mass is 267 g/mol. The lowest BCUT2D eigenvalue weighted by molar-refractivity contribution is -0.120. The summed E-state index contributed by atoms with van der Waals surface area (Å²) in [6.07, 6.45) is 0. The summed E-state index contributed by atoms with van der Waals surface area (Å²) in [5, 5.41) is 9.08. The van der Waals surface area contributed by atoms with Gasteiger partial charge in [-0.25, -0.2) is 0 Å². The van der Waals surface area contributed by atoms with E-state index in [0.29, 0.717) is 17.0 Å². The number of carbonyl (C=O) groups excluding carboxylic acids is 2. The van der Waals surface area contributed by atoms with E-state index in [-0.39, 0.29) is 30.3 Å². The van der Waals surface area contributed by atoms with E-state index in [0.717, 1.165) is 0 Å². The van der Waals surface area contributed by atoms with Gasteiger partial charge in [0.1, 0.15) is 5.56 Å². The van der Waals surface area contributed by atoms with Crippen molar-refractivity contribution in [1.29, 1.82) is 0 Å². The minimum atomic E-state index is -0.332. The van der Waals surface area contributed by atoms with Crippen LogP contribution in [0.2, 0.25) is 0 Å². The minimum Gasteiger partial charge on any atom is -0.360 e. The molecule has 6 nitrogen and oxygen atoms in total. The standard InChI is InChI=1S/C13H21N3O3/c1-7(2)12-11(9(5)16-19-12)13(18)14-6-10(17)15-8(3)4/h7-8H,6H2,1-5H3,(H,14,18)(H,15,17). The Morgan fingerprint density at radius 1 is 1.26 bits per heavy atom. The summed E-state index contributed by atoms with van der Waals surface area (Å²) in [7, 11) is 0. The second-order valence-electron chi connectivity index (χ2n) is 5.07. The predicted octanol–water partition coefficient (Wildman–Crippen LogP) is 1.36. The van der Waals surface area contributed by atoms with Gasteiger partial charge in [-0.1, -0.05) is 19.0 Å². The molecular formula is C13H21N3O3. The van der Waals surface area contributed by atoms with E-state index in [1.165, 1.54) is 0 Å². The molecule has 2 N–H and O–H groups in total. The normalized spacial score (nSPS) is 10.9. The molecule has 1 heterocycles. The Morgan fingerprint density at radius 3 is 2.42 bits per heavy atom. The highest BCUT2D eigenvalue weighted by Gasteiger charge is 2.22. The van der Waals surface area contributed by atoms with Crippen LogP contribution < -0.4 is 10.6 Å². The van der Waals surface area contributed by atoms with Crippen molar-refractivity contribution in [3.63, 3.8) is 0 Å². The largest absolute Gasteiger partial charge is 0.360 e. The van der Waals surface area contributed by atoms with E-state index in [2.05, 4.69) is 15.8 Å². The van der Waals surface area contributed by atoms with Crippen LogP contribution in [0.15, 0.2) is 4.52 Å². The zero-order valence-corrected chi connectivity index (χ0v) is 12.0. The topological polar surface area (TPSA) is 84.2 Å². The summed E-state index contributed by atoms with van der Waals surface area (Å²) in [5.41, 5.74) is 0.956. The molecule has 0 aliphatic carbocycles. The van der Waals surface area contributed by atoms with E-state index in [1.807, 2.05) is 27.7 Å². The van der Waals surface area contributed by atoms with Crippen LogP contribution in [0.3, 0.4) is 0 Å². The molecule has 0 unspecified atom stereocenters. The lowest BCUT2D eigenvalue weighted by Gasteiger charge is -2.09. The van der Waals surface area contributed by atoms with Crippen molar-refractivity contribution in [1.82, 2.24) is 15.8 Å². The van der Waals surface area contributed by atoms with Gasteiger partial charge in [0, 0.05) is 12.0 Å². The highest BCUT2D eigenvalue weighted by molar-refractivity contribution is 5.98. The Morgan fingerprint density at radius 2 is 1.89 bits per heavy atom. The van der Waals surface area contributed by atoms with E-state index in [4.69, 9.17) is 4.52 Å². The maximum atomic E-state index is 12.1. The molecule has 0 saturated heterocycles. The maximum Gasteiger partial charge on any atom is 0.257 e. The van der Waals surface area contributed by atoms with Gasteiger partial charge in [0.2, 0.25) is 5.91 Å². The van der Waals surface area contributed by atoms with Crippen LogP contribution in [0.5, 0.6) is 0 Å². The maximum absolute atomic E-state index is 12.1. The Kier molecular flexibility index (Phi) is 5.09. The lowest BCUT2D eigenvalue weighted by atomic mass is 10.0. The van der Waals surface area contributed by atoms with E-state index >= 15 is 0 Å². The number of hydrogen-bond acceptors (Lipinski definition) is 4. The molecular weight excluding hydrogens is 246 g/mol. The summed E-state index contributed by atoms with van der Waals surface area (Å²) in [4.78, 5) is 23.5. The number of carbonyl (C=O) groups is 2. The molecule has 0 spiro atoms. The number of rotatable bonds is 5. The van der Waals surface area contributed by atoms with Crippen LogP contribution in [-0.2, 0) is 4.79 Å². The molecule has 0 aliphatic heterocycles. The van der Waals surface area contributed by atoms with Gasteiger partial charge in [-0.15, -0.1) is 0 Å². The number of nitrogens with one attached hydrogen (secondary N) is 2. The number of aromatic nitrogens is 1. The van der Waals surface area contributed by atoms with Gasteiger partial charge < -0.3 is 15.2 Å². The number of amides is 2. The summed E-state index contributed by atoms with van der Waals surface area (Å²) in [5.74, 6) is 0.0515. The van der Waals surface area contributed by atoms with Gasteiger partial charge in [-0.3, -0.25) is 9.59 Å². The molecule has 0 saturated carbocycles. The van der Waals surface area contributed by atoms with Crippen LogP contribution in [0.1, 0.15) is 55.4 Å². The molecule has 1 rings (SSSR count). The Bertz CT molecular complexity index is 464. The third kappa shape index (κ3) is 4.08. The summed E-state index contributed by atoms with van der Waals surface area (Å²) in [6, 6.07) is 0.0490. The lowest BCUT2D eigenvalue weighted by Crippen LogP contribution is -2.40. The van der Waals surface area contributed by atoms with Gasteiger partial charge in [0.05, 0.1) is 12.2 Å². The summed E-state index contributed by atoms with van der Waals surface area (Å²) >= 11 is 0. The number of nitrogens with zero attached hydrogens (tertiary/aromatic N) is 1. The van der Waals surface area contributed by atoms with E-state index in [9.17, 15) is 9.59 Å². The molecule has 0 radical (unpaired) electrons. The van der Waals surface area contributed by atoms with Crippen LogP contribution >= 0.6 is 0 Å². The fourth-order valence-electron chi connectivity index (χ4n) is 1.68. The first-order valence-corrected chi connectivity index (χ1v) is 6.36. The van der Waals surface area contributed by atoms with Crippen LogP contribution in [0, 0.1) is 6.92 Å². The van der Waals surface area contributed by atoms with Gasteiger partial charge >= 0.3 is 0 Å². The quantitative estimate of drug-likeness (QED) is 0.843. The molecule has 19 heavy (non-hydrogen) atoms. The highest BCUT2D eigenvalue weighted by atomic mass is 16.5. The van der Waals surface area contributed by atoms with Crippen molar-refractivity contribution in [2.45, 2.75) is 46.6 Å². The second-order valence-corrected chi connectivity index (χ2v) is 5.07. The zero-order valence-electron chi connectivity index (χ0n) is 12.0. The van der Waals surface area contributed by atoms with Crippen molar-refractivity contribution in [2.24, 2.45) is 0 Å². The Balaban J connectivity index is 2.69. The van der Waals surface area contributed by atoms with Gasteiger partial charge in [-0.2, -0.15) is 0 Å². The van der Waals surface area contributed by atoms with E-state index < -0.39 is 0 Å². The number of aryl methyl sites for hydroxylation is 1. The van der Waals surface area contributed by atoms with Crippen molar-refractivity contribution in [3.05, 3.63) is 17.0 Å². The molecule has 0 aliphatic rings. The molecule has 1 aromatic heterocycles. The highest BCUT2D eigenvalue weighted by Crippen LogP contribution is 2.21. The second kappa shape index (κ2) is 6.36. The first-order valence-electron chi connectivity index (χ1n) is 6.36. The third-order valence-corrected chi connectivity index (χ3v) is 2.50. The smallest absolute Gasteiger partial charge is 0.257 e. The molecule has 0 atom stereocenters. The zero-order chi connectivity index (χ0) is 14.6. The van der Waals surface area contributed by atoms with Crippen molar-refractivity contribution < 1.29 is 14.1 Å². The fraction of sp³-hybridized carbons (Fsp3) is 0.615. The van der Waals surface area contributed by atoms with Gasteiger partial charge in [-0.05, 0) is 20.8 Å². The average Bonchev–Trinajstić information content (AvgIpc) is 2.67. The van der Waals surface area contributed by atoms with Gasteiger partial charge in [0.25, 0.3) is 5.91 Å². The van der Waals surface area contributed by atoms with Crippen LogP contribution in [0.25, 0.3) is 0 Å². The SMILES string of the molecule is Cc1noc(C(C)C)c1C(=O)NCC(=O)NC(C)C. The van der Waals surface area contributed by atoms with Crippen molar-refractivity contribution in [2.75, 3.05) is 6.54 Å². The molecule has 106 valence electrons. The molecule has 0 bridgehead atoms. The Hall–Kier alpha value is -1.85.